The number of carboxylic acid groups (broad SMARTS) is 1. The lowest BCUT2D eigenvalue weighted by molar-refractivity contribution is -0.141. The number of benzene rings is 1. The fraction of sp³-hybridized carbons (Fsp3) is 0.333. The molecular weight excluding hydrogens is 292 g/mol. The molecule has 1 saturated heterocycles. The Morgan fingerprint density at radius 2 is 2.29 bits per heavy atom. The second kappa shape index (κ2) is 5.41. The van der Waals surface area contributed by atoms with E-state index in [9.17, 15) is 9.59 Å². The first-order valence-corrected chi connectivity index (χ1v) is 7.18. The first-order valence-electron chi connectivity index (χ1n) is 6.80. The molecule has 1 aliphatic rings. The van der Waals surface area contributed by atoms with E-state index in [1.54, 1.807) is 4.90 Å². The number of carboxylic acids is 1. The monoisotopic (exact) mass is 306 g/mol. The zero-order valence-electron chi connectivity index (χ0n) is 11.3. The lowest BCUT2D eigenvalue weighted by Crippen LogP contribution is -2.28. The van der Waals surface area contributed by atoms with E-state index in [1.807, 2.05) is 24.4 Å². The molecule has 2 aromatic rings. The van der Waals surface area contributed by atoms with Gasteiger partial charge in [0.05, 0.1) is 5.92 Å². The van der Waals surface area contributed by atoms with Crippen LogP contribution in [-0.4, -0.2) is 40.0 Å². The number of H-pyrrole nitrogens is 1. The summed E-state index contributed by atoms with van der Waals surface area (Å²) in [6.07, 6.45) is 2.70. The van der Waals surface area contributed by atoms with Gasteiger partial charge in [0.25, 0.3) is 0 Å². The zero-order valence-corrected chi connectivity index (χ0v) is 12.1. The highest BCUT2D eigenvalue weighted by Gasteiger charge is 2.33. The summed E-state index contributed by atoms with van der Waals surface area (Å²) in [7, 11) is 0. The molecule has 1 aliphatic heterocycles. The molecule has 1 aromatic carbocycles. The van der Waals surface area contributed by atoms with E-state index in [-0.39, 0.29) is 12.3 Å². The van der Waals surface area contributed by atoms with E-state index in [2.05, 4.69) is 4.98 Å². The minimum atomic E-state index is -0.898. The van der Waals surface area contributed by atoms with Crippen LogP contribution in [0, 0.1) is 5.92 Å². The number of aromatic amines is 1. The van der Waals surface area contributed by atoms with Crippen LogP contribution in [-0.2, 0) is 16.0 Å². The molecule has 6 heteroatoms. The fourth-order valence-electron chi connectivity index (χ4n) is 2.77. The summed E-state index contributed by atoms with van der Waals surface area (Å²) >= 11 is 6.01. The molecule has 1 atom stereocenters. The summed E-state index contributed by atoms with van der Waals surface area (Å²) < 4.78 is 0. The maximum atomic E-state index is 11.8. The highest BCUT2D eigenvalue weighted by molar-refractivity contribution is 6.31. The van der Waals surface area contributed by atoms with Crippen molar-refractivity contribution >= 4 is 34.4 Å². The summed E-state index contributed by atoms with van der Waals surface area (Å²) in [5.74, 6) is -1.56. The number of hydrogen-bond acceptors (Lipinski definition) is 2. The molecule has 0 spiro atoms. The highest BCUT2D eigenvalue weighted by atomic mass is 35.5. The zero-order chi connectivity index (χ0) is 15.0. The van der Waals surface area contributed by atoms with Crippen LogP contribution in [0.2, 0.25) is 5.02 Å². The summed E-state index contributed by atoms with van der Waals surface area (Å²) in [5.41, 5.74) is 2.09. The van der Waals surface area contributed by atoms with E-state index in [0.717, 1.165) is 16.5 Å². The number of carbonyl (C=O) groups excluding carboxylic acids is 1. The molecule has 1 fully saturated rings. The van der Waals surface area contributed by atoms with Gasteiger partial charge in [0, 0.05) is 41.6 Å². The van der Waals surface area contributed by atoms with Crippen molar-refractivity contribution in [2.75, 3.05) is 13.1 Å². The first-order chi connectivity index (χ1) is 10.0. The van der Waals surface area contributed by atoms with E-state index < -0.39 is 11.9 Å². The number of hydrogen-bond donors (Lipinski definition) is 2. The van der Waals surface area contributed by atoms with Crippen LogP contribution in [0.5, 0.6) is 0 Å². The molecule has 0 bridgehead atoms. The molecule has 3 rings (SSSR count). The Morgan fingerprint density at radius 1 is 1.48 bits per heavy atom. The van der Waals surface area contributed by atoms with Gasteiger partial charge >= 0.3 is 5.97 Å². The van der Waals surface area contributed by atoms with Gasteiger partial charge in [-0.2, -0.15) is 0 Å². The average molecular weight is 307 g/mol. The molecule has 0 aliphatic carbocycles. The summed E-state index contributed by atoms with van der Waals surface area (Å²) in [6.45, 7) is 0.833. The van der Waals surface area contributed by atoms with Crippen LogP contribution in [0.25, 0.3) is 10.9 Å². The maximum absolute atomic E-state index is 11.8. The molecule has 1 amide bonds. The Labute approximate surface area is 126 Å². The number of nitrogens with one attached hydrogen (secondary N) is 1. The molecule has 110 valence electrons. The fourth-order valence-corrected chi connectivity index (χ4v) is 2.94. The Bertz CT molecular complexity index is 710. The van der Waals surface area contributed by atoms with Crippen molar-refractivity contribution in [3.8, 4) is 0 Å². The number of halogens is 1. The molecule has 1 aromatic heterocycles. The van der Waals surface area contributed by atoms with Crippen LogP contribution >= 0.6 is 11.6 Å². The third-order valence-corrected chi connectivity index (χ3v) is 4.18. The molecule has 21 heavy (non-hydrogen) atoms. The molecular formula is C15H15ClN2O3. The summed E-state index contributed by atoms with van der Waals surface area (Å²) in [6, 6.07) is 5.64. The number of nitrogens with zero attached hydrogens (tertiary/aromatic N) is 1. The second-order valence-corrected chi connectivity index (χ2v) is 5.77. The van der Waals surface area contributed by atoms with Gasteiger partial charge in [0.15, 0.2) is 0 Å². The van der Waals surface area contributed by atoms with Gasteiger partial charge in [-0.05, 0) is 30.2 Å². The molecule has 2 heterocycles. The average Bonchev–Trinajstić information content (AvgIpc) is 3.00. The standard InChI is InChI=1S/C15H15ClN2O3/c16-11-1-2-13-12(6-11)9(7-17-13)3-4-18-8-10(15(20)21)5-14(18)19/h1-2,6-7,10,17H,3-5,8H2,(H,20,21)/t10-/m0/s1. The molecule has 0 unspecified atom stereocenters. The van der Waals surface area contributed by atoms with Crippen molar-refractivity contribution in [1.29, 1.82) is 0 Å². The first kappa shape index (κ1) is 13.9. The lowest BCUT2D eigenvalue weighted by atomic mass is 10.1. The van der Waals surface area contributed by atoms with E-state index in [4.69, 9.17) is 16.7 Å². The minimum Gasteiger partial charge on any atom is -0.481 e. The SMILES string of the molecule is O=C(O)[C@H]1CC(=O)N(CCc2c[nH]c3ccc(Cl)cc23)C1. The van der Waals surface area contributed by atoms with Gasteiger partial charge in [-0.15, -0.1) is 0 Å². The summed E-state index contributed by atoms with van der Waals surface area (Å²) in [4.78, 5) is 27.5. The van der Waals surface area contributed by atoms with Crippen LogP contribution < -0.4 is 0 Å². The predicted molar refractivity (Wildman–Crippen MR) is 79.3 cm³/mol. The van der Waals surface area contributed by atoms with Gasteiger partial charge in [-0.3, -0.25) is 9.59 Å². The van der Waals surface area contributed by atoms with E-state index in [0.29, 0.717) is 24.5 Å². The van der Waals surface area contributed by atoms with Crippen molar-refractivity contribution < 1.29 is 14.7 Å². The Kier molecular flexibility index (Phi) is 3.59. The number of aliphatic carboxylic acids is 1. The minimum absolute atomic E-state index is 0.0831. The van der Waals surface area contributed by atoms with E-state index in [1.165, 1.54) is 0 Å². The van der Waals surface area contributed by atoms with Crippen LogP contribution in [0.3, 0.4) is 0 Å². The molecule has 0 radical (unpaired) electrons. The topological polar surface area (TPSA) is 73.4 Å². The van der Waals surface area contributed by atoms with Crippen LogP contribution in [0.1, 0.15) is 12.0 Å². The number of carbonyl (C=O) groups is 2. The van der Waals surface area contributed by atoms with Crippen molar-refractivity contribution in [2.45, 2.75) is 12.8 Å². The molecule has 5 nitrogen and oxygen atoms in total. The molecule has 2 N–H and O–H groups in total. The van der Waals surface area contributed by atoms with Gasteiger partial charge in [0.1, 0.15) is 0 Å². The van der Waals surface area contributed by atoms with Crippen LogP contribution in [0.15, 0.2) is 24.4 Å². The Morgan fingerprint density at radius 3 is 3.00 bits per heavy atom. The molecule has 0 saturated carbocycles. The van der Waals surface area contributed by atoms with Gasteiger partial charge in [0.2, 0.25) is 5.91 Å². The lowest BCUT2D eigenvalue weighted by Gasteiger charge is -2.15. The maximum Gasteiger partial charge on any atom is 0.308 e. The predicted octanol–water partition coefficient (Wildman–Crippen LogP) is 2.30. The summed E-state index contributed by atoms with van der Waals surface area (Å²) in [5, 5.41) is 10.7. The van der Waals surface area contributed by atoms with Crippen molar-refractivity contribution in [2.24, 2.45) is 5.92 Å². The number of likely N-dealkylation sites (tertiary alicyclic amines) is 1. The third kappa shape index (κ3) is 2.74. The quantitative estimate of drug-likeness (QED) is 0.910. The van der Waals surface area contributed by atoms with Crippen molar-refractivity contribution in [3.63, 3.8) is 0 Å². The number of fused-ring (bicyclic) bond motifs is 1. The van der Waals surface area contributed by atoms with Gasteiger partial charge in [-0.25, -0.2) is 0 Å². The highest BCUT2D eigenvalue weighted by Crippen LogP contribution is 2.24. The van der Waals surface area contributed by atoms with Gasteiger partial charge < -0.3 is 15.0 Å². The smallest absolute Gasteiger partial charge is 0.308 e. The van der Waals surface area contributed by atoms with E-state index >= 15 is 0 Å². The Hall–Kier alpha value is -2.01. The number of aromatic nitrogens is 1. The second-order valence-electron chi connectivity index (χ2n) is 5.33. The third-order valence-electron chi connectivity index (χ3n) is 3.94. The van der Waals surface area contributed by atoms with Gasteiger partial charge in [-0.1, -0.05) is 11.6 Å². The van der Waals surface area contributed by atoms with Crippen LogP contribution in [0.4, 0.5) is 0 Å². The normalized spacial score (nSPS) is 18.6. The largest absolute Gasteiger partial charge is 0.481 e. The number of rotatable bonds is 4. The van der Waals surface area contributed by atoms with Crippen molar-refractivity contribution in [3.05, 3.63) is 35.0 Å². The number of amides is 1. The van der Waals surface area contributed by atoms with Crippen molar-refractivity contribution in [1.82, 2.24) is 9.88 Å². The Balaban J connectivity index is 1.71.